The largest absolute Gasteiger partial charge is 0.308 e. The summed E-state index contributed by atoms with van der Waals surface area (Å²) >= 11 is 0. The van der Waals surface area contributed by atoms with E-state index in [0.29, 0.717) is 5.82 Å². The van der Waals surface area contributed by atoms with Crippen molar-refractivity contribution in [2.75, 3.05) is 11.9 Å². The zero-order valence-corrected chi connectivity index (χ0v) is 13.1. The SMILES string of the molecule is C[C@H](NCC(=O)Nc1cnccn1)c1ccc(-n2cncn2)cc1. The molecule has 8 heteroatoms. The van der Waals surface area contributed by atoms with Crippen molar-refractivity contribution in [1.82, 2.24) is 30.0 Å². The fraction of sp³-hybridized carbons (Fsp3) is 0.188. The molecule has 3 rings (SSSR count). The van der Waals surface area contributed by atoms with Gasteiger partial charge in [0.05, 0.1) is 18.4 Å². The molecule has 0 aliphatic carbocycles. The third-order valence-electron chi connectivity index (χ3n) is 3.48. The summed E-state index contributed by atoms with van der Waals surface area (Å²) in [5.41, 5.74) is 2.01. The number of nitrogens with one attached hydrogen (secondary N) is 2. The number of rotatable bonds is 6. The van der Waals surface area contributed by atoms with E-state index >= 15 is 0 Å². The summed E-state index contributed by atoms with van der Waals surface area (Å²) in [6.45, 7) is 2.18. The first-order chi connectivity index (χ1) is 11.7. The van der Waals surface area contributed by atoms with Crippen LogP contribution >= 0.6 is 0 Å². The molecule has 2 aromatic heterocycles. The zero-order valence-electron chi connectivity index (χ0n) is 13.1. The fourth-order valence-electron chi connectivity index (χ4n) is 2.17. The molecule has 0 radical (unpaired) electrons. The Kier molecular flexibility index (Phi) is 4.87. The summed E-state index contributed by atoms with van der Waals surface area (Å²) < 4.78 is 1.69. The predicted octanol–water partition coefficient (Wildman–Crippen LogP) is 1.35. The first-order valence-electron chi connectivity index (χ1n) is 7.46. The summed E-state index contributed by atoms with van der Waals surface area (Å²) in [4.78, 5) is 23.7. The number of carbonyl (C=O) groups excluding carboxylic acids is 1. The van der Waals surface area contributed by atoms with Gasteiger partial charge in [-0.1, -0.05) is 12.1 Å². The number of benzene rings is 1. The van der Waals surface area contributed by atoms with Crippen LogP contribution in [0.1, 0.15) is 18.5 Å². The van der Waals surface area contributed by atoms with Gasteiger partial charge in [-0.05, 0) is 24.6 Å². The van der Waals surface area contributed by atoms with E-state index in [1.54, 1.807) is 17.2 Å². The van der Waals surface area contributed by atoms with E-state index in [1.165, 1.54) is 18.7 Å². The Morgan fingerprint density at radius 3 is 2.71 bits per heavy atom. The van der Waals surface area contributed by atoms with Crippen molar-refractivity contribution in [3.8, 4) is 5.69 Å². The van der Waals surface area contributed by atoms with Gasteiger partial charge in [0.15, 0.2) is 5.82 Å². The fourth-order valence-corrected chi connectivity index (χ4v) is 2.17. The predicted molar refractivity (Wildman–Crippen MR) is 88.4 cm³/mol. The summed E-state index contributed by atoms with van der Waals surface area (Å²) in [5.74, 6) is 0.274. The molecule has 1 atom stereocenters. The molecule has 2 heterocycles. The quantitative estimate of drug-likeness (QED) is 0.710. The number of carbonyl (C=O) groups is 1. The second-order valence-electron chi connectivity index (χ2n) is 5.17. The van der Waals surface area contributed by atoms with Crippen LogP contribution in [0.3, 0.4) is 0 Å². The van der Waals surface area contributed by atoms with Gasteiger partial charge >= 0.3 is 0 Å². The maximum absolute atomic E-state index is 11.9. The lowest BCUT2D eigenvalue weighted by atomic mass is 10.1. The van der Waals surface area contributed by atoms with Crippen molar-refractivity contribution >= 4 is 11.7 Å². The summed E-state index contributed by atoms with van der Waals surface area (Å²) in [7, 11) is 0. The minimum atomic E-state index is -0.165. The van der Waals surface area contributed by atoms with Crippen molar-refractivity contribution < 1.29 is 4.79 Å². The van der Waals surface area contributed by atoms with Crippen LogP contribution in [0.15, 0.2) is 55.5 Å². The van der Waals surface area contributed by atoms with Gasteiger partial charge in [-0.2, -0.15) is 5.10 Å². The molecule has 0 saturated carbocycles. The lowest BCUT2D eigenvalue weighted by Gasteiger charge is -2.14. The Labute approximate surface area is 139 Å². The summed E-state index contributed by atoms with van der Waals surface area (Å²) in [5, 5.41) is 9.95. The first-order valence-corrected chi connectivity index (χ1v) is 7.46. The van der Waals surface area contributed by atoms with Gasteiger partial charge in [0, 0.05) is 18.4 Å². The third kappa shape index (κ3) is 3.99. The second-order valence-corrected chi connectivity index (χ2v) is 5.17. The molecule has 2 N–H and O–H groups in total. The molecule has 0 fully saturated rings. The Balaban J connectivity index is 1.53. The monoisotopic (exact) mass is 323 g/mol. The van der Waals surface area contributed by atoms with Gasteiger partial charge in [0.1, 0.15) is 12.7 Å². The summed E-state index contributed by atoms with van der Waals surface area (Å²) in [6, 6.07) is 7.94. The molecule has 0 saturated heterocycles. The van der Waals surface area contributed by atoms with E-state index in [-0.39, 0.29) is 18.5 Å². The van der Waals surface area contributed by atoms with Crippen LogP contribution < -0.4 is 10.6 Å². The minimum absolute atomic E-state index is 0.0300. The Bertz CT molecular complexity index is 772. The van der Waals surface area contributed by atoms with Gasteiger partial charge in [-0.15, -0.1) is 0 Å². The molecule has 1 aromatic carbocycles. The van der Waals surface area contributed by atoms with E-state index in [4.69, 9.17) is 0 Å². The Morgan fingerprint density at radius 2 is 2.04 bits per heavy atom. The van der Waals surface area contributed by atoms with Crippen LogP contribution in [-0.4, -0.2) is 37.2 Å². The topological polar surface area (TPSA) is 97.6 Å². The van der Waals surface area contributed by atoms with Crippen molar-refractivity contribution in [3.05, 3.63) is 61.1 Å². The number of anilines is 1. The van der Waals surface area contributed by atoms with E-state index in [2.05, 4.69) is 30.7 Å². The lowest BCUT2D eigenvalue weighted by molar-refractivity contribution is -0.115. The molecule has 0 unspecified atom stereocenters. The molecule has 0 aliphatic heterocycles. The van der Waals surface area contributed by atoms with Gasteiger partial charge in [0.2, 0.25) is 5.91 Å². The zero-order chi connectivity index (χ0) is 16.8. The van der Waals surface area contributed by atoms with E-state index in [9.17, 15) is 4.79 Å². The molecule has 122 valence electrons. The van der Waals surface area contributed by atoms with E-state index < -0.39 is 0 Å². The molecule has 3 aromatic rings. The van der Waals surface area contributed by atoms with Crippen LogP contribution in [0.2, 0.25) is 0 Å². The Hall–Kier alpha value is -3.13. The van der Waals surface area contributed by atoms with Crippen LogP contribution in [0.5, 0.6) is 0 Å². The van der Waals surface area contributed by atoms with Crippen LogP contribution in [0, 0.1) is 0 Å². The maximum atomic E-state index is 11.9. The number of nitrogens with zero attached hydrogens (tertiary/aromatic N) is 5. The molecular formula is C16H17N7O. The van der Waals surface area contributed by atoms with Crippen LogP contribution in [-0.2, 0) is 4.79 Å². The average molecular weight is 323 g/mol. The highest BCUT2D eigenvalue weighted by Gasteiger charge is 2.09. The van der Waals surface area contributed by atoms with Gasteiger partial charge < -0.3 is 10.6 Å². The van der Waals surface area contributed by atoms with Gasteiger partial charge in [0.25, 0.3) is 0 Å². The second kappa shape index (κ2) is 7.42. The molecular weight excluding hydrogens is 306 g/mol. The first kappa shape index (κ1) is 15.8. The number of aromatic nitrogens is 5. The van der Waals surface area contributed by atoms with Crippen LogP contribution in [0.4, 0.5) is 5.82 Å². The minimum Gasteiger partial charge on any atom is -0.308 e. The average Bonchev–Trinajstić information content (AvgIpc) is 3.15. The number of hydrogen-bond donors (Lipinski definition) is 2. The number of hydrogen-bond acceptors (Lipinski definition) is 6. The molecule has 1 amide bonds. The standard InChI is InChI=1S/C16H17N7O/c1-12(20-9-16(24)22-15-8-17-6-7-19-15)13-2-4-14(5-3-13)23-11-18-10-21-23/h2-8,10-12,20H,9H2,1H3,(H,19,22,24)/t12-/m0/s1. The molecule has 0 bridgehead atoms. The molecule has 0 spiro atoms. The smallest absolute Gasteiger partial charge is 0.239 e. The molecule has 0 aliphatic rings. The normalized spacial score (nSPS) is 11.9. The highest BCUT2D eigenvalue weighted by molar-refractivity contribution is 5.91. The summed E-state index contributed by atoms with van der Waals surface area (Å²) in [6.07, 6.45) is 7.73. The van der Waals surface area contributed by atoms with Crippen molar-refractivity contribution in [3.63, 3.8) is 0 Å². The lowest BCUT2D eigenvalue weighted by Crippen LogP contribution is -2.30. The van der Waals surface area contributed by atoms with Gasteiger partial charge in [-0.25, -0.2) is 14.6 Å². The van der Waals surface area contributed by atoms with Crippen molar-refractivity contribution in [2.45, 2.75) is 13.0 Å². The van der Waals surface area contributed by atoms with Gasteiger partial charge in [-0.3, -0.25) is 9.78 Å². The maximum Gasteiger partial charge on any atom is 0.239 e. The van der Waals surface area contributed by atoms with Crippen molar-refractivity contribution in [2.24, 2.45) is 0 Å². The Morgan fingerprint density at radius 1 is 1.21 bits per heavy atom. The molecule has 8 nitrogen and oxygen atoms in total. The highest BCUT2D eigenvalue weighted by atomic mass is 16.2. The van der Waals surface area contributed by atoms with Crippen molar-refractivity contribution in [1.29, 1.82) is 0 Å². The van der Waals surface area contributed by atoms with Crippen LogP contribution in [0.25, 0.3) is 5.69 Å². The number of amides is 1. The third-order valence-corrected chi connectivity index (χ3v) is 3.48. The molecule has 24 heavy (non-hydrogen) atoms. The van der Waals surface area contributed by atoms with E-state index in [0.717, 1.165) is 11.3 Å². The highest BCUT2D eigenvalue weighted by Crippen LogP contribution is 2.14. The van der Waals surface area contributed by atoms with E-state index in [1.807, 2.05) is 31.2 Å².